The number of nitrogens with zero attached hydrogens (tertiary/aromatic N) is 6. The van der Waals surface area contributed by atoms with Crippen LogP contribution in [0.15, 0.2) is 36.9 Å². The number of ether oxygens (including phenoxy) is 1. The van der Waals surface area contributed by atoms with Crippen LogP contribution in [0.4, 0.5) is 17.5 Å². The van der Waals surface area contributed by atoms with Crippen LogP contribution in [-0.2, 0) is 28.8 Å². The molecule has 0 radical (unpaired) electrons. The second kappa shape index (κ2) is 11.1. The lowest BCUT2D eigenvalue weighted by Crippen LogP contribution is -2.49. The minimum atomic E-state index is 0.00508. The molecule has 208 valence electrons. The summed E-state index contributed by atoms with van der Waals surface area (Å²) in [5.74, 6) is 1.86. The van der Waals surface area contributed by atoms with Crippen LogP contribution < -0.4 is 20.0 Å². The van der Waals surface area contributed by atoms with Gasteiger partial charge in [0.2, 0.25) is 11.9 Å². The lowest BCUT2D eigenvalue weighted by molar-refractivity contribution is -0.126. The molecule has 39 heavy (non-hydrogen) atoms. The average Bonchev–Trinajstić information content (AvgIpc) is 3.43. The summed E-state index contributed by atoms with van der Waals surface area (Å²) in [7, 11) is 3.77. The number of para-hydroxylation sites is 1. The summed E-state index contributed by atoms with van der Waals surface area (Å²) in [6.07, 6.45) is 6.88. The Labute approximate surface area is 231 Å². The molecule has 6 rings (SSSR count). The van der Waals surface area contributed by atoms with Gasteiger partial charge in [-0.05, 0) is 50.4 Å². The maximum atomic E-state index is 12.2. The summed E-state index contributed by atoms with van der Waals surface area (Å²) in [6, 6.07) is 9.58. The number of aromatic nitrogens is 2. The van der Waals surface area contributed by atoms with Crippen molar-refractivity contribution in [3.05, 3.63) is 53.7 Å². The molecule has 4 heterocycles. The van der Waals surface area contributed by atoms with E-state index in [1.807, 2.05) is 11.9 Å². The van der Waals surface area contributed by atoms with E-state index >= 15 is 0 Å². The van der Waals surface area contributed by atoms with Gasteiger partial charge in [0, 0.05) is 76.6 Å². The Kier molecular flexibility index (Phi) is 7.44. The molecule has 2 aromatic rings. The van der Waals surface area contributed by atoms with E-state index in [-0.39, 0.29) is 18.1 Å². The molecule has 0 saturated carbocycles. The summed E-state index contributed by atoms with van der Waals surface area (Å²) >= 11 is 0. The molecule has 3 atom stereocenters. The molecule has 9 heteroatoms. The largest absolute Gasteiger partial charge is 0.378 e. The van der Waals surface area contributed by atoms with Crippen molar-refractivity contribution in [2.75, 3.05) is 74.7 Å². The smallest absolute Gasteiger partial charge is 0.246 e. The van der Waals surface area contributed by atoms with E-state index in [9.17, 15) is 4.79 Å². The third kappa shape index (κ3) is 4.98. The molecule has 9 nitrogen and oxygen atoms in total. The molecule has 0 bridgehead atoms. The van der Waals surface area contributed by atoms with Gasteiger partial charge in [-0.25, -0.2) is 4.98 Å². The number of hydrogen-bond donors (Lipinski definition) is 1. The molecule has 1 amide bonds. The highest BCUT2D eigenvalue weighted by Crippen LogP contribution is 2.37. The van der Waals surface area contributed by atoms with Crippen LogP contribution in [0.5, 0.6) is 0 Å². The number of piperazine rings is 1. The van der Waals surface area contributed by atoms with Crippen molar-refractivity contribution in [3.8, 4) is 0 Å². The standard InChI is InChI=1S/C30H41N7O2/c1-4-28(38)34-14-16-35(17-15-34)29-23-12-11-22(37-13-7-9-21-8-5-6-10-26(21)37)18-24(23)32-30(33-29)36-19-25(31-2)27(20-36)39-3/h4-6,8,10,22,25,27,31H,1,7,9,11-20H2,2-3H3. The number of carbonyl (C=O) groups excluding carboxylic acids is 1. The number of amides is 1. The molecule has 1 aromatic heterocycles. The predicted molar refractivity (Wildman–Crippen MR) is 155 cm³/mol. The predicted octanol–water partition coefficient (Wildman–Crippen LogP) is 2.04. The summed E-state index contributed by atoms with van der Waals surface area (Å²) in [4.78, 5) is 31.8. The van der Waals surface area contributed by atoms with Crippen molar-refractivity contribution in [2.24, 2.45) is 0 Å². The fraction of sp³-hybridized carbons (Fsp3) is 0.567. The van der Waals surface area contributed by atoms with Crippen molar-refractivity contribution >= 4 is 23.4 Å². The highest BCUT2D eigenvalue weighted by molar-refractivity contribution is 5.87. The molecule has 3 unspecified atom stereocenters. The number of carbonyl (C=O) groups is 1. The van der Waals surface area contributed by atoms with Gasteiger partial charge in [0.1, 0.15) is 5.82 Å². The first-order valence-electron chi connectivity index (χ1n) is 14.4. The molecular weight excluding hydrogens is 490 g/mol. The van der Waals surface area contributed by atoms with Crippen molar-refractivity contribution in [1.82, 2.24) is 20.2 Å². The van der Waals surface area contributed by atoms with Crippen LogP contribution in [-0.4, -0.2) is 98.9 Å². The van der Waals surface area contributed by atoms with E-state index in [2.05, 4.69) is 50.9 Å². The first-order valence-corrected chi connectivity index (χ1v) is 14.4. The summed E-state index contributed by atoms with van der Waals surface area (Å²) in [5.41, 5.74) is 5.33. The molecule has 1 aromatic carbocycles. The topological polar surface area (TPSA) is 77.1 Å². The second-order valence-corrected chi connectivity index (χ2v) is 11.2. The van der Waals surface area contributed by atoms with Gasteiger partial charge in [-0.15, -0.1) is 0 Å². The first kappa shape index (κ1) is 26.1. The maximum absolute atomic E-state index is 12.2. The molecule has 0 spiro atoms. The minimum absolute atomic E-state index is 0.00508. The monoisotopic (exact) mass is 531 g/mol. The Morgan fingerprint density at radius 2 is 1.90 bits per heavy atom. The van der Waals surface area contributed by atoms with Gasteiger partial charge in [-0.1, -0.05) is 24.8 Å². The molecule has 2 fully saturated rings. The zero-order valence-corrected chi connectivity index (χ0v) is 23.3. The van der Waals surface area contributed by atoms with Gasteiger partial charge in [-0.2, -0.15) is 4.98 Å². The zero-order valence-electron chi connectivity index (χ0n) is 23.3. The number of methoxy groups -OCH3 is 1. The van der Waals surface area contributed by atoms with E-state index in [0.717, 1.165) is 70.2 Å². The molecule has 3 aliphatic heterocycles. The highest BCUT2D eigenvalue weighted by Gasteiger charge is 2.36. The number of benzene rings is 1. The van der Waals surface area contributed by atoms with Crippen LogP contribution >= 0.6 is 0 Å². The normalized spacial score (nSPS) is 24.9. The lowest BCUT2D eigenvalue weighted by atomic mass is 9.88. The third-order valence-corrected chi connectivity index (χ3v) is 9.09. The highest BCUT2D eigenvalue weighted by atomic mass is 16.5. The van der Waals surface area contributed by atoms with Crippen LogP contribution in [0, 0.1) is 0 Å². The number of anilines is 3. The molecule has 4 aliphatic rings. The molecule has 2 saturated heterocycles. The number of fused-ring (bicyclic) bond motifs is 2. The van der Waals surface area contributed by atoms with Crippen LogP contribution in [0.1, 0.15) is 29.7 Å². The quantitative estimate of drug-likeness (QED) is 0.568. The van der Waals surface area contributed by atoms with Crippen molar-refractivity contribution in [2.45, 2.75) is 50.3 Å². The van der Waals surface area contributed by atoms with Crippen molar-refractivity contribution in [3.63, 3.8) is 0 Å². The van der Waals surface area contributed by atoms with E-state index < -0.39 is 0 Å². The summed E-state index contributed by atoms with van der Waals surface area (Å²) in [5, 5.41) is 3.40. The third-order valence-electron chi connectivity index (χ3n) is 9.09. The van der Waals surface area contributed by atoms with E-state index in [4.69, 9.17) is 14.7 Å². The SMILES string of the molecule is C=CC(=O)N1CCN(c2nc(N3CC(NC)C(OC)C3)nc3c2CCC(N2CCCc4ccccc42)C3)CC1. The van der Waals surface area contributed by atoms with Gasteiger partial charge in [0.15, 0.2) is 0 Å². The fourth-order valence-corrected chi connectivity index (χ4v) is 6.90. The Morgan fingerprint density at radius 3 is 2.64 bits per heavy atom. The summed E-state index contributed by atoms with van der Waals surface area (Å²) in [6.45, 7) is 9.26. The van der Waals surface area contributed by atoms with E-state index in [1.54, 1.807) is 7.11 Å². The molecule has 1 aliphatic carbocycles. The van der Waals surface area contributed by atoms with Crippen molar-refractivity contribution < 1.29 is 9.53 Å². The van der Waals surface area contributed by atoms with Crippen LogP contribution in [0.25, 0.3) is 0 Å². The van der Waals surface area contributed by atoms with Gasteiger partial charge >= 0.3 is 0 Å². The Balaban J connectivity index is 1.31. The lowest BCUT2D eigenvalue weighted by Gasteiger charge is -2.41. The Bertz CT molecular complexity index is 1200. The zero-order chi connectivity index (χ0) is 26.9. The number of hydrogen-bond acceptors (Lipinski definition) is 8. The number of likely N-dealkylation sites (N-methyl/N-ethyl adjacent to an activating group) is 1. The molecular formula is C30H41N7O2. The summed E-state index contributed by atoms with van der Waals surface area (Å²) < 4.78 is 5.78. The average molecular weight is 532 g/mol. The van der Waals surface area contributed by atoms with Gasteiger partial charge in [-0.3, -0.25) is 4.79 Å². The van der Waals surface area contributed by atoms with Crippen molar-refractivity contribution in [1.29, 1.82) is 0 Å². The number of rotatable bonds is 6. The van der Waals surface area contributed by atoms with E-state index in [1.165, 1.54) is 35.0 Å². The van der Waals surface area contributed by atoms with Gasteiger partial charge < -0.3 is 29.7 Å². The van der Waals surface area contributed by atoms with Crippen LogP contribution in [0.3, 0.4) is 0 Å². The van der Waals surface area contributed by atoms with Crippen LogP contribution in [0.2, 0.25) is 0 Å². The maximum Gasteiger partial charge on any atom is 0.246 e. The first-order chi connectivity index (χ1) is 19.1. The second-order valence-electron chi connectivity index (χ2n) is 11.2. The fourth-order valence-electron chi connectivity index (χ4n) is 6.90. The van der Waals surface area contributed by atoms with E-state index in [0.29, 0.717) is 19.1 Å². The molecule has 1 N–H and O–H groups in total. The number of aryl methyl sites for hydroxylation is 1. The Hall–Kier alpha value is -3.17. The van der Waals surface area contributed by atoms with Gasteiger partial charge in [0.25, 0.3) is 0 Å². The van der Waals surface area contributed by atoms with Gasteiger partial charge in [0.05, 0.1) is 17.8 Å². The minimum Gasteiger partial charge on any atom is -0.378 e. The number of nitrogens with one attached hydrogen (secondary N) is 1. The Morgan fingerprint density at radius 1 is 1.08 bits per heavy atom.